The lowest BCUT2D eigenvalue weighted by atomic mass is 9.72. The Hall–Kier alpha value is -3.94. The Balaban J connectivity index is 1.10. The second kappa shape index (κ2) is 8.93. The Morgan fingerprint density at radius 2 is 1.83 bits per heavy atom. The van der Waals surface area contributed by atoms with E-state index in [1.54, 1.807) is 6.33 Å². The molecule has 3 heterocycles. The Morgan fingerprint density at radius 1 is 1.03 bits per heavy atom. The molecule has 2 aromatic carbocycles. The van der Waals surface area contributed by atoms with E-state index in [0.717, 1.165) is 72.9 Å². The van der Waals surface area contributed by atoms with Gasteiger partial charge in [0, 0.05) is 30.2 Å². The van der Waals surface area contributed by atoms with Crippen molar-refractivity contribution in [3.05, 3.63) is 71.9 Å². The summed E-state index contributed by atoms with van der Waals surface area (Å²) in [5, 5.41) is 11.4. The molecule has 2 aromatic heterocycles. The number of benzene rings is 2. The lowest BCUT2D eigenvalue weighted by Crippen LogP contribution is -2.42. The van der Waals surface area contributed by atoms with Crippen LogP contribution < -0.4 is 5.32 Å². The zero-order valence-electron chi connectivity index (χ0n) is 20.4. The normalized spacial score (nSPS) is 21.8. The SMILES string of the molecule is Cc1[nH]cnc1C(=O)N1CCC2(CCC(NC(=O)c3n[nH]c4ccc(-c5ccccc5)cc34)CC2)C1. The Kier molecular flexibility index (Phi) is 5.59. The molecule has 8 nitrogen and oxygen atoms in total. The van der Waals surface area contributed by atoms with Crippen molar-refractivity contribution in [2.75, 3.05) is 13.1 Å². The number of likely N-dealkylation sites (tertiary alicyclic amines) is 1. The quantitative estimate of drug-likeness (QED) is 0.399. The standard InChI is InChI=1S/C28H30N6O2/c1-18-24(30-17-29-18)27(36)34-14-13-28(16-34)11-9-21(10-12-28)31-26(35)25-22-15-20(7-8-23(22)32-33-25)19-5-3-2-4-6-19/h2-8,15,17,21H,9-14,16H2,1H3,(H,29,30)(H,31,35)(H,32,33). The molecule has 1 saturated carbocycles. The number of aromatic nitrogens is 4. The second-order valence-corrected chi connectivity index (χ2v) is 10.3. The number of aryl methyl sites for hydroxylation is 1. The number of carbonyl (C=O) groups is 2. The van der Waals surface area contributed by atoms with Crippen molar-refractivity contribution in [2.45, 2.75) is 45.1 Å². The smallest absolute Gasteiger partial charge is 0.274 e. The largest absolute Gasteiger partial charge is 0.348 e. The summed E-state index contributed by atoms with van der Waals surface area (Å²) in [6, 6.07) is 16.3. The molecule has 4 aromatic rings. The first-order chi connectivity index (χ1) is 17.5. The van der Waals surface area contributed by atoms with Crippen molar-refractivity contribution in [3.8, 4) is 11.1 Å². The van der Waals surface area contributed by atoms with Gasteiger partial charge in [-0.25, -0.2) is 4.98 Å². The van der Waals surface area contributed by atoms with E-state index < -0.39 is 0 Å². The molecule has 0 bridgehead atoms. The fourth-order valence-corrected chi connectivity index (χ4v) is 5.87. The molecule has 36 heavy (non-hydrogen) atoms. The van der Waals surface area contributed by atoms with Gasteiger partial charge in [0.1, 0.15) is 5.69 Å². The minimum absolute atomic E-state index is 0.0151. The van der Waals surface area contributed by atoms with Crippen molar-refractivity contribution < 1.29 is 9.59 Å². The van der Waals surface area contributed by atoms with Crippen LogP contribution >= 0.6 is 0 Å². The van der Waals surface area contributed by atoms with Crippen molar-refractivity contribution in [3.63, 3.8) is 0 Å². The summed E-state index contributed by atoms with van der Waals surface area (Å²) >= 11 is 0. The van der Waals surface area contributed by atoms with Crippen molar-refractivity contribution in [2.24, 2.45) is 5.41 Å². The third-order valence-corrected chi connectivity index (χ3v) is 8.02. The number of aromatic amines is 2. The fourth-order valence-electron chi connectivity index (χ4n) is 5.87. The number of nitrogens with one attached hydrogen (secondary N) is 3. The van der Waals surface area contributed by atoms with Gasteiger partial charge in [0.25, 0.3) is 11.8 Å². The average molecular weight is 483 g/mol. The van der Waals surface area contributed by atoms with Gasteiger partial charge in [0.05, 0.1) is 11.8 Å². The van der Waals surface area contributed by atoms with Crippen LogP contribution in [-0.4, -0.2) is 56.0 Å². The minimum atomic E-state index is -0.135. The second-order valence-electron chi connectivity index (χ2n) is 10.3. The predicted molar refractivity (Wildman–Crippen MR) is 138 cm³/mol. The highest BCUT2D eigenvalue weighted by Gasteiger charge is 2.43. The zero-order chi connectivity index (χ0) is 24.7. The van der Waals surface area contributed by atoms with E-state index >= 15 is 0 Å². The van der Waals surface area contributed by atoms with Gasteiger partial charge in [-0.3, -0.25) is 14.7 Å². The van der Waals surface area contributed by atoms with Crippen LogP contribution in [0.2, 0.25) is 0 Å². The molecule has 8 heteroatoms. The molecule has 1 aliphatic carbocycles. The summed E-state index contributed by atoms with van der Waals surface area (Å²) in [4.78, 5) is 35.2. The monoisotopic (exact) mass is 482 g/mol. The molecule has 6 rings (SSSR count). The number of hydrogen-bond acceptors (Lipinski definition) is 4. The van der Waals surface area contributed by atoms with Gasteiger partial charge in [-0.1, -0.05) is 36.4 Å². The maximum Gasteiger partial charge on any atom is 0.274 e. The van der Waals surface area contributed by atoms with E-state index in [9.17, 15) is 9.59 Å². The molecular formula is C28H30N6O2. The first-order valence-corrected chi connectivity index (χ1v) is 12.7. The average Bonchev–Trinajstić information content (AvgIpc) is 3.64. The number of amides is 2. The summed E-state index contributed by atoms with van der Waals surface area (Å²) in [7, 11) is 0. The number of carbonyl (C=O) groups excluding carboxylic acids is 2. The van der Waals surface area contributed by atoms with Gasteiger partial charge in [-0.2, -0.15) is 5.10 Å². The van der Waals surface area contributed by atoms with Crippen LogP contribution in [0.15, 0.2) is 54.9 Å². The molecule has 1 aliphatic heterocycles. The fraction of sp³-hybridized carbons (Fsp3) is 0.357. The van der Waals surface area contributed by atoms with E-state index in [1.807, 2.05) is 48.2 Å². The van der Waals surface area contributed by atoms with Crippen LogP contribution in [0.4, 0.5) is 0 Å². The van der Waals surface area contributed by atoms with Crippen LogP contribution in [0.5, 0.6) is 0 Å². The topological polar surface area (TPSA) is 107 Å². The van der Waals surface area contributed by atoms with Crippen molar-refractivity contribution in [1.29, 1.82) is 0 Å². The first-order valence-electron chi connectivity index (χ1n) is 12.7. The molecule has 0 unspecified atom stereocenters. The number of rotatable bonds is 4. The van der Waals surface area contributed by atoms with Gasteiger partial charge in [-0.15, -0.1) is 0 Å². The van der Waals surface area contributed by atoms with E-state index in [1.165, 1.54) is 0 Å². The van der Waals surface area contributed by atoms with Gasteiger partial charge < -0.3 is 15.2 Å². The van der Waals surface area contributed by atoms with Crippen LogP contribution in [0, 0.1) is 12.3 Å². The van der Waals surface area contributed by atoms with Crippen molar-refractivity contribution >= 4 is 22.7 Å². The highest BCUT2D eigenvalue weighted by molar-refractivity contribution is 6.05. The highest BCUT2D eigenvalue weighted by Crippen LogP contribution is 2.44. The summed E-state index contributed by atoms with van der Waals surface area (Å²) in [6.07, 6.45) is 6.41. The van der Waals surface area contributed by atoms with Crippen LogP contribution in [0.3, 0.4) is 0 Å². The third-order valence-electron chi connectivity index (χ3n) is 8.02. The number of nitrogens with zero attached hydrogens (tertiary/aromatic N) is 3. The van der Waals surface area contributed by atoms with E-state index in [-0.39, 0.29) is 23.3 Å². The summed E-state index contributed by atoms with van der Waals surface area (Å²) in [5.74, 6) is -0.119. The molecule has 2 fully saturated rings. The Labute approximate surface area is 209 Å². The molecular weight excluding hydrogens is 452 g/mol. The molecule has 184 valence electrons. The van der Waals surface area contributed by atoms with Gasteiger partial charge in [0.15, 0.2) is 5.69 Å². The number of fused-ring (bicyclic) bond motifs is 1. The maximum absolute atomic E-state index is 13.2. The maximum atomic E-state index is 13.2. The predicted octanol–water partition coefficient (Wildman–Crippen LogP) is 4.47. The van der Waals surface area contributed by atoms with Crippen LogP contribution in [-0.2, 0) is 0 Å². The minimum Gasteiger partial charge on any atom is -0.348 e. The molecule has 1 saturated heterocycles. The number of H-pyrrole nitrogens is 2. The molecule has 0 atom stereocenters. The summed E-state index contributed by atoms with van der Waals surface area (Å²) in [5.41, 5.74) is 4.94. The summed E-state index contributed by atoms with van der Waals surface area (Å²) in [6.45, 7) is 3.42. The van der Waals surface area contributed by atoms with Crippen molar-refractivity contribution in [1.82, 2.24) is 30.4 Å². The molecule has 2 amide bonds. The molecule has 3 N–H and O–H groups in total. The summed E-state index contributed by atoms with van der Waals surface area (Å²) < 4.78 is 0. The number of imidazole rings is 1. The van der Waals surface area contributed by atoms with Crippen LogP contribution in [0.25, 0.3) is 22.0 Å². The van der Waals surface area contributed by atoms with Gasteiger partial charge in [0.2, 0.25) is 0 Å². The van der Waals surface area contributed by atoms with E-state index in [0.29, 0.717) is 11.4 Å². The van der Waals surface area contributed by atoms with Gasteiger partial charge in [-0.05, 0) is 67.7 Å². The van der Waals surface area contributed by atoms with Gasteiger partial charge >= 0.3 is 0 Å². The molecule has 0 radical (unpaired) electrons. The van der Waals surface area contributed by atoms with Crippen LogP contribution in [0.1, 0.15) is 58.8 Å². The Bertz CT molecular complexity index is 1410. The lowest BCUT2D eigenvalue weighted by Gasteiger charge is -2.37. The third kappa shape index (κ3) is 4.06. The first kappa shape index (κ1) is 22.5. The number of hydrogen-bond donors (Lipinski definition) is 3. The lowest BCUT2D eigenvalue weighted by molar-refractivity contribution is 0.0744. The molecule has 2 aliphatic rings. The molecule has 1 spiro atoms. The zero-order valence-corrected chi connectivity index (χ0v) is 20.4. The van der Waals surface area contributed by atoms with E-state index in [2.05, 4.69) is 37.6 Å². The Morgan fingerprint density at radius 3 is 2.58 bits per heavy atom. The highest BCUT2D eigenvalue weighted by atomic mass is 16.2. The van der Waals surface area contributed by atoms with E-state index in [4.69, 9.17) is 0 Å².